The van der Waals surface area contributed by atoms with Gasteiger partial charge in [-0.15, -0.1) is 21.8 Å². The molecule has 15 heavy (non-hydrogen) atoms. The summed E-state index contributed by atoms with van der Waals surface area (Å²) in [5, 5.41) is 7.73. The van der Waals surface area contributed by atoms with E-state index in [1.807, 2.05) is 23.6 Å². The largest absolute Gasteiger partial charge is 0.310 e. The van der Waals surface area contributed by atoms with Crippen LogP contribution in [0.25, 0.3) is 0 Å². The van der Waals surface area contributed by atoms with E-state index in [0.717, 1.165) is 17.1 Å². The third kappa shape index (κ3) is 2.15. The Hall–Kier alpha value is -1.42. The number of alkyl halides is 1. The molecule has 0 aliphatic rings. The van der Waals surface area contributed by atoms with Gasteiger partial charge in [0.2, 0.25) is 0 Å². The third-order valence-electron chi connectivity index (χ3n) is 2.25. The lowest BCUT2D eigenvalue weighted by Crippen LogP contribution is -2.05. The lowest BCUT2D eigenvalue weighted by atomic mass is 10.2. The van der Waals surface area contributed by atoms with E-state index in [4.69, 9.17) is 11.6 Å². The van der Waals surface area contributed by atoms with Crippen LogP contribution in [0.3, 0.4) is 0 Å². The molecule has 2 heterocycles. The summed E-state index contributed by atoms with van der Waals surface area (Å²) >= 11 is 5.74. The second kappa shape index (κ2) is 4.40. The summed E-state index contributed by atoms with van der Waals surface area (Å²) in [7, 11) is 0. The molecule has 0 fully saturated rings. The van der Waals surface area contributed by atoms with Crippen LogP contribution in [0.15, 0.2) is 24.7 Å². The molecule has 0 radical (unpaired) electrons. The van der Waals surface area contributed by atoms with E-state index in [1.54, 1.807) is 12.5 Å². The van der Waals surface area contributed by atoms with E-state index in [9.17, 15) is 0 Å². The van der Waals surface area contributed by atoms with Gasteiger partial charge in [0.15, 0.2) is 0 Å². The van der Waals surface area contributed by atoms with Crippen LogP contribution in [0, 0.1) is 6.92 Å². The van der Waals surface area contributed by atoms with E-state index in [1.165, 1.54) is 0 Å². The maximum absolute atomic E-state index is 5.74. The molecule has 0 spiro atoms. The molecule has 0 bridgehead atoms. The molecule has 78 valence electrons. The van der Waals surface area contributed by atoms with E-state index < -0.39 is 0 Å². The van der Waals surface area contributed by atoms with Gasteiger partial charge in [0.25, 0.3) is 0 Å². The van der Waals surface area contributed by atoms with Gasteiger partial charge in [-0.1, -0.05) is 6.07 Å². The van der Waals surface area contributed by atoms with E-state index in [2.05, 4.69) is 15.2 Å². The molecule has 0 saturated carbocycles. The van der Waals surface area contributed by atoms with Gasteiger partial charge in [-0.25, -0.2) is 0 Å². The first kappa shape index (κ1) is 10.1. The van der Waals surface area contributed by atoms with Crippen molar-refractivity contribution in [2.75, 3.05) is 0 Å². The van der Waals surface area contributed by atoms with Gasteiger partial charge in [0, 0.05) is 6.20 Å². The van der Waals surface area contributed by atoms with Crippen molar-refractivity contribution < 1.29 is 0 Å². The first-order valence-corrected chi connectivity index (χ1v) is 5.18. The van der Waals surface area contributed by atoms with Crippen molar-refractivity contribution in [3.63, 3.8) is 0 Å². The second-order valence-electron chi connectivity index (χ2n) is 3.28. The average molecular weight is 223 g/mol. The van der Waals surface area contributed by atoms with Gasteiger partial charge in [-0.2, -0.15) is 0 Å². The van der Waals surface area contributed by atoms with Crippen molar-refractivity contribution in [2.45, 2.75) is 19.3 Å². The predicted molar refractivity (Wildman–Crippen MR) is 57.7 cm³/mol. The highest BCUT2D eigenvalue weighted by Crippen LogP contribution is 2.07. The van der Waals surface area contributed by atoms with Crippen molar-refractivity contribution in [1.82, 2.24) is 19.7 Å². The summed E-state index contributed by atoms with van der Waals surface area (Å²) in [6, 6.07) is 3.96. The average Bonchev–Trinajstić information content (AvgIpc) is 2.69. The molecular formula is C10H11ClN4. The molecular weight excluding hydrogens is 212 g/mol. The van der Waals surface area contributed by atoms with Gasteiger partial charge >= 0.3 is 0 Å². The smallest absolute Gasteiger partial charge is 0.148 e. The Morgan fingerprint density at radius 3 is 3.07 bits per heavy atom. The van der Waals surface area contributed by atoms with Crippen LogP contribution in [-0.4, -0.2) is 19.7 Å². The molecule has 0 atom stereocenters. The van der Waals surface area contributed by atoms with Crippen molar-refractivity contribution >= 4 is 11.6 Å². The predicted octanol–water partition coefficient (Wildman–Crippen LogP) is 1.77. The summed E-state index contributed by atoms with van der Waals surface area (Å²) in [5.41, 5.74) is 2.18. The Kier molecular flexibility index (Phi) is 2.97. The molecule has 4 nitrogen and oxygen atoms in total. The monoisotopic (exact) mass is 222 g/mol. The highest BCUT2D eigenvalue weighted by atomic mass is 35.5. The zero-order valence-electron chi connectivity index (χ0n) is 8.39. The minimum absolute atomic E-state index is 0.367. The standard InChI is InChI=1S/C10H11ClN4/c1-8-3-2-4-12-9(8)6-15-7-13-14-10(15)5-11/h2-4,7H,5-6H2,1H3. The summed E-state index contributed by atoms with van der Waals surface area (Å²) < 4.78 is 1.91. The lowest BCUT2D eigenvalue weighted by molar-refractivity contribution is 0.731. The Morgan fingerprint density at radius 1 is 1.47 bits per heavy atom. The van der Waals surface area contributed by atoms with Crippen molar-refractivity contribution in [2.24, 2.45) is 0 Å². The zero-order chi connectivity index (χ0) is 10.7. The summed E-state index contributed by atoms with van der Waals surface area (Å²) in [6.45, 7) is 2.70. The molecule has 5 heteroatoms. The Bertz CT molecular complexity index is 452. The molecule has 0 amide bonds. The Balaban J connectivity index is 2.26. The van der Waals surface area contributed by atoms with E-state index in [0.29, 0.717) is 12.4 Å². The van der Waals surface area contributed by atoms with Gasteiger partial charge in [0.05, 0.1) is 18.1 Å². The number of nitrogens with zero attached hydrogens (tertiary/aromatic N) is 4. The van der Waals surface area contributed by atoms with Gasteiger partial charge < -0.3 is 4.57 Å². The first-order valence-electron chi connectivity index (χ1n) is 4.64. The topological polar surface area (TPSA) is 43.6 Å². The molecule has 0 aromatic carbocycles. The van der Waals surface area contributed by atoms with Crippen LogP contribution < -0.4 is 0 Å². The van der Waals surface area contributed by atoms with E-state index in [-0.39, 0.29) is 0 Å². The number of pyridine rings is 1. The van der Waals surface area contributed by atoms with Crippen LogP contribution in [0.4, 0.5) is 0 Å². The lowest BCUT2D eigenvalue weighted by Gasteiger charge is -2.06. The van der Waals surface area contributed by atoms with Crippen molar-refractivity contribution in [3.8, 4) is 0 Å². The minimum atomic E-state index is 0.367. The van der Waals surface area contributed by atoms with E-state index >= 15 is 0 Å². The maximum Gasteiger partial charge on any atom is 0.148 e. The number of halogens is 1. The Morgan fingerprint density at radius 2 is 2.33 bits per heavy atom. The number of rotatable bonds is 3. The van der Waals surface area contributed by atoms with Crippen molar-refractivity contribution in [3.05, 3.63) is 41.7 Å². The summed E-state index contributed by atoms with van der Waals surface area (Å²) in [5.74, 6) is 1.13. The molecule has 2 aromatic heterocycles. The van der Waals surface area contributed by atoms with Crippen molar-refractivity contribution in [1.29, 1.82) is 0 Å². The van der Waals surface area contributed by atoms with Crippen LogP contribution in [0.5, 0.6) is 0 Å². The van der Waals surface area contributed by atoms with Crippen LogP contribution in [-0.2, 0) is 12.4 Å². The molecule has 0 aliphatic carbocycles. The SMILES string of the molecule is Cc1cccnc1Cn1cnnc1CCl. The molecule has 0 aliphatic heterocycles. The zero-order valence-corrected chi connectivity index (χ0v) is 9.15. The first-order chi connectivity index (χ1) is 7.31. The summed E-state index contributed by atoms with van der Waals surface area (Å²) in [4.78, 5) is 4.31. The van der Waals surface area contributed by atoms with Crippen LogP contribution in [0.2, 0.25) is 0 Å². The number of aryl methyl sites for hydroxylation is 1. The van der Waals surface area contributed by atoms with Gasteiger partial charge in [0.1, 0.15) is 12.2 Å². The molecule has 2 rings (SSSR count). The van der Waals surface area contributed by atoms with Crippen LogP contribution >= 0.6 is 11.6 Å². The Labute approximate surface area is 92.9 Å². The fourth-order valence-electron chi connectivity index (χ4n) is 1.36. The van der Waals surface area contributed by atoms with Gasteiger partial charge in [-0.05, 0) is 18.6 Å². The molecule has 0 saturated heterocycles. The fourth-order valence-corrected chi connectivity index (χ4v) is 1.57. The number of hydrogen-bond donors (Lipinski definition) is 0. The minimum Gasteiger partial charge on any atom is -0.310 e. The highest BCUT2D eigenvalue weighted by Gasteiger charge is 2.05. The fraction of sp³-hybridized carbons (Fsp3) is 0.300. The summed E-state index contributed by atoms with van der Waals surface area (Å²) in [6.07, 6.45) is 3.46. The molecule has 2 aromatic rings. The maximum atomic E-state index is 5.74. The molecule has 0 unspecified atom stereocenters. The van der Waals surface area contributed by atoms with Crippen LogP contribution in [0.1, 0.15) is 17.1 Å². The third-order valence-corrected chi connectivity index (χ3v) is 2.49. The highest BCUT2D eigenvalue weighted by molar-refractivity contribution is 6.16. The van der Waals surface area contributed by atoms with Gasteiger partial charge in [-0.3, -0.25) is 4.98 Å². The second-order valence-corrected chi connectivity index (χ2v) is 3.54. The number of aromatic nitrogens is 4. The molecule has 0 N–H and O–H groups in total. The normalized spacial score (nSPS) is 10.5. The quantitative estimate of drug-likeness (QED) is 0.744. The number of hydrogen-bond acceptors (Lipinski definition) is 3.